The third-order valence-corrected chi connectivity index (χ3v) is 6.76. The minimum Gasteiger partial charge on any atom is -0.360 e. The number of nitrogens with one attached hydrogen (secondary N) is 1. The quantitative estimate of drug-likeness (QED) is 0.752. The molecule has 4 atom stereocenters. The molecule has 2 fully saturated rings. The van der Waals surface area contributed by atoms with Crippen LogP contribution in [0.3, 0.4) is 0 Å². The lowest BCUT2D eigenvalue weighted by atomic mass is 9.77. The Balaban J connectivity index is 1.32. The summed E-state index contributed by atoms with van der Waals surface area (Å²) in [7, 11) is 0. The monoisotopic (exact) mass is 422 g/mol. The predicted molar refractivity (Wildman–Crippen MR) is 114 cm³/mol. The number of amides is 2. The molecule has 5 rings (SSSR count). The van der Waals surface area contributed by atoms with Gasteiger partial charge >= 0.3 is 0 Å². The van der Waals surface area contributed by atoms with Crippen molar-refractivity contribution < 1.29 is 14.3 Å². The second kappa shape index (κ2) is 7.25. The summed E-state index contributed by atoms with van der Waals surface area (Å²) in [5, 5.41) is 3.57. The minimum atomic E-state index is -0.696. The van der Waals surface area contributed by atoms with Gasteiger partial charge in [0.05, 0.1) is 24.5 Å². The summed E-state index contributed by atoms with van der Waals surface area (Å²) >= 11 is 6.20. The molecule has 2 aromatic carbocycles. The topological polar surface area (TPSA) is 58.6 Å². The zero-order valence-corrected chi connectivity index (χ0v) is 17.4. The van der Waals surface area contributed by atoms with Crippen LogP contribution >= 0.6 is 11.6 Å². The SMILES string of the molecule is Cc1ccc(CN2CC34C=CC(O3)C(C(=O)NCc3ccccc3Cl)C4C2=O)cc1. The second-order valence-electron chi connectivity index (χ2n) is 8.39. The van der Waals surface area contributed by atoms with Crippen molar-refractivity contribution in [3.63, 3.8) is 0 Å². The fourth-order valence-corrected chi connectivity index (χ4v) is 5.07. The van der Waals surface area contributed by atoms with Gasteiger partial charge < -0.3 is 15.0 Å². The van der Waals surface area contributed by atoms with Gasteiger partial charge in [-0.3, -0.25) is 9.59 Å². The molecule has 3 aliphatic heterocycles. The van der Waals surface area contributed by atoms with E-state index in [-0.39, 0.29) is 17.9 Å². The van der Waals surface area contributed by atoms with Crippen molar-refractivity contribution in [3.8, 4) is 0 Å². The van der Waals surface area contributed by atoms with E-state index in [2.05, 4.69) is 5.32 Å². The molecular formula is C24H23ClN2O3. The Kier molecular flexibility index (Phi) is 4.68. The number of hydrogen-bond donors (Lipinski definition) is 1. The molecule has 0 radical (unpaired) electrons. The van der Waals surface area contributed by atoms with Gasteiger partial charge in [-0.1, -0.05) is 71.8 Å². The van der Waals surface area contributed by atoms with Crippen LogP contribution in [0.15, 0.2) is 60.7 Å². The molecule has 6 heteroatoms. The summed E-state index contributed by atoms with van der Waals surface area (Å²) in [5.74, 6) is -1.18. The number of hydrogen-bond acceptors (Lipinski definition) is 3. The average Bonchev–Trinajstić information content (AvgIpc) is 3.37. The van der Waals surface area contributed by atoms with E-state index in [1.165, 1.54) is 5.56 Å². The Morgan fingerprint density at radius 3 is 2.77 bits per heavy atom. The summed E-state index contributed by atoms with van der Waals surface area (Å²) in [6.45, 7) is 3.36. The van der Waals surface area contributed by atoms with Crippen LogP contribution in [0.5, 0.6) is 0 Å². The van der Waals surface area contributed by atoms with Crippen LogP contribution in [0.1, 0.15) is 16.7 Å². The van der Waals surface area contributed by atoms with Crippen molar-refractivity contribution in [2.45, 2.75) is 31.7 Å². The fourth-order valence-electron chi connectivity index (χ4n) is 4.87. The highest BCUT2D eigenvalue weighted by Gasteiger charge is 2.66. The second-order valence-corrected chi connectivity index (χ2v) is 8.80. The number of fused-ring (bicyclic) bond motifs is 1. The van der Waals surface area contributed by atoms with Crippen LogP contribution in [0.25, 0.3) is 0 Å². The molecule has 2 saturated heterocycles. The standard InChI is InChI=1S/C24H23ClN2O3/c1-15-6-8-16(9-7-15)13-27-14-24-11-10-19(30-24)20(21(24)23(27)29)22(28)26-12-17-4-2-3-5-18(17)25/h2-11,19-21H,12-14H2,1H3,(H,26,28). The number of halogens is 1. The zero-order chi connectivity index (χ0) is 20.9. The Hall–Kier alpha value is -2.63. The molecule has 2 amide bonds. The molecule has 5 nitrogen and oxygen atoms in total. The molecule has 1 spiro atoms. The van der Waals surface area contributed by atoms with Crippen LogP contribution in [0.4, 0.5) is 0 Å². The Morgan fingerprint density at radius 1 is 1.23 bits per heavy atom. The molecular weight excluding hydrogens is 400 g/mol. The molecule has 0 saturated carbocycles. The number of rotatable bonds is 5. The van der Waals surface area contributed by atoms with Crippen molar-refractivity contribution in [2.24, 2.45) is 11.8 Å². The van der Waals surface area contributed by atoms with E-state index in [0.717, 1.165) is 11.1 Å². The average molecular weight is 423 g/mol. The number of likely N-dealkylation sites (tertiary alicyclic amines) is 1. The summed E-state index contributed by atoms with van der Waals surface area (Å²) in [5.41, 5.74) is 2.41. The molecule has 2 aromatic rings. The number of benzene rings is 2. The van der Waals surface area contributed by atoms with Crippen LogP contribution in [-0.4, -0.2) is 35.0 Å². The van der Waals surface area contributed by atoms with Gasteiger partial charge in [0.25, 0.3) is 0 Å². The molecule has 1 N–H and O–H groups in total. The summed E-state index contributed by atoms with van der Waals surface area (Å²) in [4.78, 5) is 28.2. The maximum Gasteiger partial charge on any atom is 0.230 e. The molecule has 0 aliphatic carbocycles. The first-order chi connectivity index (χ1) is 14.5. The van der Waals surface area contributed by atoms with Crippen LogP contribution < -0.4 is 5.32 Å². The molecule has 3 aliphatic rings. The van der Waals surface area contributed by atoms with E-state index in [1.807, 2.05) is 66.4 Å². The van der Waals surface area contributed by atoms with Gasteiger partial charge in [-0.15, -0.1) is 0 Å². The van der Waals surface area contributed by atoms with E-state index in [9.17, 15) is 9.59 Å². The van der Waals surface area contributed by atoms with Gasteiger partial charge in [-0.05, 0) is 24.1 Å². The Morgan fingerprint density at radius 2 is 2.00 bits per heavy atom. The van der Waals surface area contributed by atoms with Gasteiger partial charge in [-0.25, -0.2) is 0 Å². The van der Waals surface area contributed by atoms with Gasteiger partial charge in [0.15, 0.2) is 0 Å². The van der Waals surface area contributed by atoms with E-state index in [4.69, 9.17) is 16.3 Å². The number of carbonyl (C=O) groups excluding carboxylic acids is 2. The molecule has 3 heterocycles. The third kappa shape index (κ3) is 3.13. The van der Waals surface area contributed by atoms with Crippen LogP contribution in [0.2, 0.25) is 5.02 Å². The molecule has 30 heavy (non-hydrogen) atoms. The highest BCUT2D eigenvalue weighted by atomic mass is 35.5. The highest BCUT2D eigenvalue weighted by Crippen LogP contribution is 2.52. The van der Waals surface area contributed by atoms with Gasteiger partial charge in [0.1, 0.15) is 5.60 Å². The number of ether oxygens (including phenoxy) is 1. The number of nitrogens with zero attached hydrogens (tertiary/aromatic N) is 1. The molecule has 2 bridgehead atoms. The maximum atomic E-state index is 13.3. The van der Waals surface area contributed by atoms with Crippen molar-refractivity contribution in [1.82, 2.24) is 10.2 Å². The lowest BCUT2D eigenvalue weighted by molar-refractivity contribution is -0.137. The minimum absolute atomic E-state index is 0.0136. The van der Waals surface area contributed by atoms with Gasteiger partial charge in [0, 0.05) is 18.1 Å². The van der Waals surface area contributed by atoms with Crippen molar-refractivity contribution in [3.05, 3.63) is 82.4 Å². The van der Waals surface area contributed by atoms with Crippen molar-refractivity contribution in [2.75, 3.05) is 6.54 Å². The maximum absolute atomic E-state index is 13.3. The van der Waals surface area contributed by atoms with E-state index in [1.54, 1.807) is 6.07 Å². The summed E-state index contributed by atoms with van der Waals surface area (Å²) in [6.07, 6.45) is 3.55. The first-order valence-corrected chi connectivity index (χ1v) is 10.6. The van der Waals surface area contributed by atoms with Crippen molar-refractivity contribution in [1.29, 1.82) is 0 Å². The first kappa shape index (κ1) is 19.3. The summed E-state index contributed by atoms with van der Waals surface area (Å²) in [6, 6.07) is 15.6. The molecule has 154 valence electrons. The highest BCUT2D eigenvalue weighted by molar-refractivity contribution is 6.31. The van der Waals surface area contributed by atoms with E-state index < -0.39 is 17.4 Å². The lowest BCUT2D eigenvalue weighted by Gasteiger charge is -2.23. The normalized spacial score (nSPS) is 28.8. The van der Waals surface area contributed by atoms with Crippen molar-refractivity contribution >= 4 is 23.4 Å². The smallest absolute Gasteiger partial charge is 0.230 e. The third-order valence-electron chi connectivity index (χ3n) is 6.39. The zero-order valence-electron chi connectivity index (χ0n) is 16.7. The Labute approximate surface area is 180 Å². The Bertz CT molecular complexity index is 1040. The first-order valence-electron chi connectivity index (χ1n) is 10.2. The van der Waals surface area contributed by atoms with Crippen LogP contribution in [0, 0.1) is 18.8 Å². The van der Waals surface area contributed by atoms with Gasteiger partial charge in [-0.2, -0.15) is 0 Å². The van der Waals surface area contributed by atoms with Crippen LogP contribution in [-0.2, 0) is 27.4 Å². The summed E-state index contributed by atoms with van der Waals surface area (Å²) < 4.78 is 6.19. The fraction of sp³-hybridized carbons (Fsp3) is 0.333. The molecule has 0 aromatic heterocycles. The van der Waals surface area contributed by atoms with E-state index in [0.29, 0.717) is 24.7 Å². The van der Waals surface area contributed by atoms with Gasteiger partial charge in [0.2, 0.25) is 11.8 Å². The predicted octanol–water partition coefficient (Wildman–Crippen LogP) is 3.25. The number of carbonyl (C=O) groups is 2. The largest absolute Gasteiger partial charge is 0.360 e. The van der Waals surface area contributed by atoms with E-state index >= 15 is 0 Å². The lowest BCUT2D eigenvalue weighted by Crippen LogP contribution is -2.43. The molecule has 4 unspecified atom stereocenters. The number of aryl methyl sites for hydroxylation is 1.